The zero-order chi connectivity index (χ0) is 11.4. The molecule has 0 bridgehead atoms. The fraction of sp³-hybridized carbons (Fsp3) is 0.600. The van der Waals surface area contributed by atoms with Crippen LogP contribution in [0.25, 0.3) is 0 Å². The molecule has 2 N–H and O–H groups in total. The summed E-state index contributed by atoms with van der Waals surface area (Å²) >= 11 is 0. The molecule has 1 nitrogen and oxygen atoms in total. The summed E-state index contributed by atoms with van der Waals surface area (Å²) in [5.74, 6) is 0. The highest BCUT2D eigenvalue weighted by Gasteiger charge is 2.65. The van der Waals surface area contributed by atoms with Crippen LogP contribution < -0.4 is 5.73 Å². The third-order valence-electron chi connectivity index (χ3n) is 5.31. The van der Waals surface area contributed by atoms with Crippen LogP contribution in [-0.2, 0) is 5.41 Å². The Morgan fingerprint density at radius 1 is 1.00 bits per heavy atom. The summed E-state index contributed by atoms with van der Waals surface area (Å²) in [6.07, 6.45) is 5.02. The Bertz CT molecular complexity index is 397. The molecule has 0 radical (unpaired) electrons. The molecule has 2 saturated carbocycles. The molecule has 0 saturated heterocycles. The fourth-order valence-electron chi connectivity index (χ4n) is 3.39. The van der Waals surface area contributed by atoms with Crippen LogP contribution in [0.2, 0.25) is 0 Å². The van der Waals surface area contributed by atoms with Gasteiger partial charge in [-0.3, -0.25) is 0 Å². The number of nitrogens with two attached hydrogens (primary N) is 1. The van der Waals surface area contributed by atoms with Crippen LogP contribution in [0.3, 0.4) is 0 Å². The lowest BCUT2D eigenvalue weighted by Gasteiger charge is -2.41. The van der Waals surface area contributed by atoms with Crippen LogP contribution in [0.4, 0.5) is 0 Å². The van der Waals surface area contributed by atoms with Gasteiger partial charge in [0.05, 0.1) is 0 Å². The second-order valence-electron chi connectivity index (χ2n) is 6.23. The van der Waals surface area contributed by atoms with Crippen molar-refractivity contribution >= 4 is 0 Å². The van der Waals surface area contributed by atoms with Crippen molar-refractivity contribution in [3.05, 3.63) is 35.9 Å². The standard InChI is InChI=1S/C15H21N/c1-13(2,15(16)10-11-15)14(8-9-14)12-6-4-3-5-7-12/h3-7H,8-11,16H2,1-2H3. The van der Waals surface area contributed by atoms with E-state index >= 15 is 0 Å². The summed E-state index contributed by atoms with van der Waals surface area (Å²) in [6.45, 7) is 4.75. The van der Waals surface area contributed by atoms with Gasteiger partial charge in [-0.2, -0.15) is 0 Å². The predicted molar refractivity (Wildman–Crippen MR) is 67.3 cm³/mol. The van der Waals surface area contributed by atoms with Gasteiger partial charge in [-0.15, -0.1) is 0 Å². The van der Waals surface area contributed by atoms with E-state index < -0.39 is 0 Å². The van der Waals surface area contributed by atoms with E-state index in [0.717, 1.165) is 0 Å². The quantitative estimate of drug-likeness (QED) is 0.823. The summed E-state index contributed by atoms with van der Waals surface area (Å²) in [6, 6.07) is 11.0. The van der Waals surface area contributed by atoms with E-state index in [2.05, 4.69) is 44.2 Å². The van der Waals surface area contributed by atoms with Gasteiger partial charge in [0.25, 0.3) is 0 Å². The average molecular weight is 215 g/mol. The van der Waals surface area contributed by atoms with Crippen molar-refractivity contribution in [2.45, 2.75) is 50.5 Å². The molecular formula is C15H21N. The summed E-state index contributed by atoms with van der Waals surface area (Å²) in [5, 5.41) is 0. The maximum absolute atomic E-state index is 6.49. The topological polar surface area (TPSA) is 26.0 Å². The molecule has 0 aromatic heterocycles. The predicted octanol–water partition coefficient (Wildman–Crippen LogP) is 3.24. The largest absolute Gasteiger partial charge is 0.325 e. The molecule has 86 valence electrons. The average Bonchev–Trinajstić information content (AvgIpc) is 3.13. The number of benzene rings is 1. The van der Waals surface area contributed by atoms with E-state index in [4.69, 9.17) is 5.73 Å². The van der Waals surface area contributed by atoms with E-state index in [1.165, 1.54) is 31.2 Å². The Hall–Kier alpha value is -0.820. The van der Waals surface area contributed by atoms with Crippen molar-refractivity contribution < 1.29 is 0 Å². The minimum absolute atomic E-state index is 0.0966. The molecule has 2 aliphatic carbocycles. The van der Waals surface area contributed by atoms with Gasteiger partial charge in [0.15, 0.2) is 0 Å². The minimum Gasteiger partial charge on any atom is -0.325 e. The molecule has 1 aromatic rings. The normalized spacial score (nSPS) is 25.2. The van der Waals surface area contributed by atoms with Gasteiger partial charge in [-0.25, -0.2) is 0 Å². The molecule has 0 unspecified atom stereocenters. The van der Waals surface area contributed by atoms with Crippen LogP contribution in [0, 0.1) is 5.41 Å². The maximum Gasteiger partial charge on any atom is 0.0216 e. The van der Waals surface area contributed by atoms with Crippen LogP contribution in [0.1, 0.15) is 45.1 Å². The van der Waals surface area contributed by atoms with E-state index in [9.17, 15) is 0 Å². The van der Waals surface area contributed by atoms with Gasteiger partial charge in [0.1, 0.15) is 0 Å². The Morgan fingerprint density at radius 2 is 1.56 bits per heavy atom. The van der Waals surface area contributed by atoms with Gasteiger partial charge >= 0.3 is 0 Å². The Labute approximate surface area is 98.0 Å². The van der Waals surface area contributed by atoms with Gasteiger partial charge < -0.3 is 5.73 Å². The van der Waals surface area contributed by atoms with Crippen LogP contribution in [0.15, 0.2) is 30.3 Å². The summed E-state index contributed by atoms with van der Waals surface area (Å²) < 4.78 is 0. The number of hydrogen-bond donors (Lipinski definition) is 1. The molecule has 3 rings (SSSR count). The van der Waals surface area contributed by atoms with Crippen molar-refractivity contribution in [3.8, 4) is 0 Å². The van der Waals surface area contributed by atoms with Gasteiger partial charge in [0.2, 0.25) is 0 Å². The molecule has 0 heterocycles. The highest BCUT2D eigenvalue weighted by Crippen LogP contribution is 2.67. The summed E-state index contributed by atoms with van der Waals surface area (Å²) in [4.78, 5) is 0. The SMILES string of the molecule is CC(C)(C1(N)CC1)C1(c2ccccc2)CC1. The van der Waals surface area contributed by atoms with Crippen molar-refractivity contribution in [3.63, 3.8) is 0 Å². The van der Waals surface area contributed by atoms with Gasteiger partial charge in [-0.05, 0) is 36.7 Å². The van der Waals surface area contributed by atoms with E-state index in [-0.39, 0.29) is 11.0 Å². The number of hydrogen-bond acceptors (Lipinski definition) is 1. The smallest absolute Gasteiger partial charge is 0.0216 e. The first kappa shape index (κ1) is 10.3. The first-order valence-corrected chi connectivity index (χ1v) is 6.36. The lowest BCUT2D eigenvalue weighted by Crippen LogP contribution is -2.48. The molecule has 1 heteroatoms. The molecule has 0 amide bonds. The molecule has 1 aromatic carbocycles. The second-order valence-corrected chi connectivity index (χ2v) is 6.23. The fourth-order valence-corrected chi connectivity index (χ4v) is 3.39. The van der Waals surface area contributed by atoms with E-state index in [1.54, 1.807) is 0 Å². The summed E-state index contributed by atoms with van der Waals surface area (Å²) in [7, 11) is 0. The van der Waals surface area contributed by atoms with E-state index in [1.807, 2.05) is 0 Å². The minimum atomic E-state index is 0.0966. The molecular weight excluding hydrogens is 194 g/mol. The van der Waals surface area contributed by atoms with Crippen molar-refractivity contribution in [2.75, 3.05) is 0 Å². The van der Waals surface area contributed by atoms with Crippen LogP contribution in [-0.4, -0.2) is 5.54 Å². The zero-order valence-corrected chi connectivity index (χ0v) is 10.3. The Balaban J connectivity index is 2.00. The molecule has 16 heavy (non-hydrogen) atoms. The molecule has 2 aliphatic rings. The molecule has 2 fully saturated rings. The number of rotatable bonds is 3. The Kier molecular flexibility index (Phi) is 1.87. The highest BCUT2D eigenvalue weighted by atomic mass is 14.9. The van der Waals surface area contributed by atoms with Gasteiger partial charge in [-0.1, -0.05) is 44.2 Å². The van der Waals surface area contributed by atoms with Crippen LogP contribution >= 0.6 is 0 Å². The third kappa shape index (κ3) is 1.15. The monoisotopic (exact) mass is 215 g/mol. The highest BCUT2D eigenvalue weighted by molar-refractivity contribution is 5.38. The van der Waals surface area contributed by atoms with Crippen LogP contribution in [0.5, 0.6) is 0 Å². The lowest BCUT2D eigenvalue weighted by molar-refractivity contribution is 0.189. The zero-order valence-electron chi connectivity index (χ0n) is 10.3. The first-order chi connectivity index (χ1) is 7.52. The molecule has 0 atom stereocenters. The molecule has 0 spiro atoms. The molecule has 0 aliphatic heterocycles. The van der Waals surface area contributed by atoms with Crippen molar-refractivity contribution in [1.29, 1.82) is 0 Å². The summed E-state index contributed by atoms with van der Waals surface area (Å²) in [5.41, 5.74) is 8.68. The maximum atomic E-state index is 6.49. The van der Waals surface area contributed by atoms with Crippen molar-refractivity contribution in [2.24, 2.45) is 11.1 Å². The van der Waals surface area contributed by atoms with E-state index in [0.29, 0.717) is 5.41 Å². The second kappa shape index (κ2) is 2.89. The third-order valence-corrected chi connectivity index (χ3v) is 5.31. The lowest BCUT2D eigenvalue weighted by atomic mass is 9.66. The Morgan fingerprint density at radius 3 is 2.00 bits per heavy atom. The van der Waals surface area contributed by atoms with Gasteiger partial charge in [0, 0.05) is 11.0 Å². The van der Waals surface area contributed by atoms with Crippen molar-refractivity contribution in [1.82, 2.24) is 0 Å². The first-order valence-electron chi connectivity index (χ1n) is 6.36.